The Labute approximate surface area is 238 Å². The predicted molar refractivity (Wildman–Crippen MR) is 153 cm³/mol. The molecule has 0 saturated heterocycles. The molecule has 4 unspecified atom stereocenters. The van der Waals surface area contributed by atoms with Gasteiger partial charge in [0.1, 0.15) is 0 Å². The molecule has 5 rings (SSSR count). The van der Waals surface area contributed by atoms with E-state index in [-0.39, 0.29) is 22.4 Å². The molecule has 40 heavy (non-hydrogen) atoms. The van der Waals surface area contributed by atoms with Gasteiger partial charge in [-0.05, 0) is 111 Å². The molecule has 0 amide bonds. The van der Waals surface area contributed by atoms with Crippen LogP contribution in [0.1, 0.15) is 103 Å². The number of ether oxygens (including phenoxy) is 1. The molecule has 2 aromatic carbocycles. The Morgan fingerprint density at radius 3 is 1.88 bits per heavy atom. The summed E-state index contributed by atoms with van der Waals surface area (Å²) in [7, 11) is 0. The van der Waals surface area contributed by atoms with Crippen molar-refractivity contribution in [3.8, 4) is 16.9 Å². The van der Waals surface area contributed by atoms with E-state index in [9.17, 15) is 13.2 Å². The maximum atomic E-state index is 15.0. The van der Waals surface area contributed by atoms with E-state index in [1.165, 1.54) is 88.5 Å². The average Bonchev–Trinajstić information content (AvgIpc) is 2.97. The zero-order chi connectivity index (χ0) is 28.2. The van der Waals surface area contributed by atoms with E-state index in [2.05, 4.69) is 6.92 Å². The van der Waals surface area contributed by atoms with Crippen molar-refractivity contribution >= 4 is 0 Å². The highest BCUT2D eigenvalue weighted by molar-refractivity contribution is 5.66. The second-order valence-corrected chi connectivity index (χ2v) is 13.0. The molecule has 220 valence electrons. The number of fused-ring (bicyclic) bond motifs is 1. The molecule has 0 spiro atoms. The predicted octanol–water partition coefficient (Wildman–Crippen LogP) is 10.7. The lowest BCUT2D eigenvalue weighted by Crippen LogP contribution is -2.35. The molecular weight excluding hydrogens is 512 g/mol. The first-order valence-corrected chi connectivity index (χ1v) is 16.0. The number of aryl methyl sites for hydroxylation is 1. The second kappa shape index (κ2) is 13.3. The first-order chi connectivity index (χ1) is 19.4. The molecule has 0 aliphatic heterocycles. The summed E-state index contributed by atoms with van der Waals surface area (Å²) >= 11 is 0. The Bertz CT molecular complexity index is 1140. The zero-order valence-electron chi connectivity index (χ0n) is 24.3. The largest absolute Gasteiger partial charge is 0.490 e. The minimum absolute atomic E-state index is 0.158. The van der Waals surface area contributed by atoms with Gasteiger partial charge < -0.3 is 4.74 Å². The zero-order valence-corrected chi connectivity index (χ0v) is 24.3. The van der Waals surface area contributed by atoms with Crippen molar-refractivity contribution in [1.29, 1.82) is 0 Å². The molecule has 0 bridgehead atoms. The van der Waals surface area contributed by atoms with Gasteiger partial charge in [-0.15, -0.1) is 0 Å². The molecule has 0 N–H and O–H groups in total. The van der Waals surface area contributed by atoms with E-state index in [1.54, 1.807) is 0 Å². The summed E-state index contributed by atoms with van der Waals surface area (Å²) in [6.45, 7) is 4.53. The monoisotopic (exact) mass is 558 g/mol. The summed E-state index contributed by atoms with van der Waals surface area (Å²) in [4.78, 5) is 0. The van der Waals surface area contributed by atoms with Crippen molar-refractivity contribution < 1.29 is 22.3 Å². The third kappa shape index (κ3) is 6.39. The minimum Gasteiger partial charge on any atom is -0.490 e. The topological polar surface area (TPSA) is 9.23 Å². The molecule has 1 nitrogen and oxygen atoms in total. The lowest BCUT2D eigenvalue weighted by atomic mass is 9.61. The summed E-state index contributed by atoms with van der Waals surface area (Å²) in [6, 6.07) is 5.41. The fourth-order valence-electron chi connectivity index (χ4n) is 8.28. The quantitative estimate of drug-likeness (QED) is 0.278. The van der Waals surface area contributed by atoms with E-state index >= 15 is 4.39 Å². The van der Waals surface area contributed by atoms with Gasteiger partial charge in [-0.2, -0.15) is 4.39 Å². The van der Waals surface area contributed by atoms with Crippen molar-refractivity contribution in [3.63, 3.8) is 0 Å². The number of benzene rings is 2. The maximum absolute atomic E-state index is 15.0. The summed E-state index contributed by atoms with van der Waals surface area (Å²) < 4.78 is 64.9. The number of hydrogen-bond donors (Lipinski definition) is 0. The van der Waals surface area contributed by atoms with Gasteiger partial charge in [-0.25, -0.2) is 13.2 Å². The van der Waals surface area contributed by atoms with E-state index in [1.807, 2.05) is 6.92 Å². The number of rotatable bonds is 9. The summed E-state index contributed by atoms with van der Waals surface area (Å²) in [6.07, 6.45) is 16.8. The Morgan fingerprint density at radius 1 is 0.600 bits per heavy atom. The van der Waals surface area contributed by atoms with E-state index in [0.29, 0.717) is 31.3 Å². The summed E-state index contributed by atoms with van der Waals surface area (Å²) in [5, 5.41) is 0. The fourth-order valence-corrected chi connectivity index (χ4v) is 8.28. The fraction of sp³-hybridized carbons (Fsp3) is 0.657. The van der Waals surface area contributed by atoms with Gasteiger partial charge in [0.2, 0.25) is 5.82 Å². The summed E-state index contributed by atoms with van der Waals surface area (Å²) in [5.41, 5.74) is -0.328. The van der Waals surface area contributed by atoms with Crippen molar-refractivity contribution in [3.05, 3.63) is 53.1 Å². The van der Waals surface area contributed by atoms with Gasteiger partial charge in [0.25, 0.3) is 0 Å². The molecule has 3 aliphatic carbocycles. The normalized spacial score (nSPS) is 28.8. The molecule has 3 aliphatic rings. The Balaban J connectivity index is 1.14. The van der Waals surface area contributed by atoms with Gasteiger partial charge in [0, 0.05) is 11.1 Å². The molecule has 0 heterocycles. The highest BCUT2D eigenvalue weighted by atomic mass is 19.2. The van der Waals surface area contributed by atoms with Gasteiger partial charge in [0.15, 0.2) is 23.2 Å². The van der Waals surface area contributed by atoms with Gasteiger partial charge in [-0.1, -0.05) is 58.1 Å². The van der Waals surface area contributed by atoms with E-state index in [4.69, 9.17) is 4.74 Å². The third-order valence-electron chi connectivity index (χ3n) is 10.5. The molecule has 0 radical (unpaired) electrons. The lowest BCUT2D eigenvalue weighted by Gasteiger charge is -2.45. The lowest BCUT2D eigenvalue weighted by molar-refractivity contribution is 0.0478. The highest BCUT2D eigenvalue weighted by Gasteiger charge is 2.39. The molecule has 2 aromatic rings. The van der Waals surface area contributed by atoms with Crippen LogP contribution in [0.15, 0.2) is 24.3 Å². The van der Waals surface area contributed by atoms with Gasteiger partial charge in [-0.3, -0.25) is 0 Å². The molecule has 3 saturated carbocycles. The highest BCUT2D eigenvalue weighted by Crippen LogP contribution is 2.49. The Morgan fingerprint density at radius 2 is 1.18 bits per heavy atom. The summed E-state index contributed by atoms with van der Waals surface area (Å²) in [5.74, 6) is -0.00768. The van der Waals surface area contributed by atoms with E-state index in [0.717, 1.165) is 36.5 Å². The van der Waals surface area contributed by atoms with Crippen molar-refractivity contribution in [2.24, 2.45) is 35.5 Å². The molecule has 0 aromatic heterocycles. The van der Waals surface area contributed by atoms with Crippen LogP contribution in [0, 0.1) is 58.8 Å². The standard InChI is InChI=1S/C35H46F4O/c1-3-5-22-7-10-24(11-8-22)27-14-13-26-19-23(9-12-28(26)20-27)21-40-31-18-17-30(34(38)35(31)39)29-16-15-25(6-4-2)32(36)33(29)37/h15-18,22-24,26-28H,3-14,19-21H2,1-2H3. The van der Waals surface area contributed by atoms with Crippen LogP contribution in [0.25, 0.3) is 11.1 Å². The average molecular weight is 559 g/mol. The van der Waals surface area contributed by atoms with Crippen molar-refractivity contribution in [2.45, 2.75) is 104 Å². The van der Waals surface area contributed by atoms with Crippen LogP contribution >= 0.6 is 0 Å². The molecule has 3 fully saturated rings. The Hall–Kier alpha value is -2.04. The van der Waals surface area contributed by atoms with Crippen LogP contribution in [0.2, 0.25) is 0 Å². The van der Waals surface area contributed by atoms with Gasteiger partial charge in [0.05, 0.1) is 6.61 Å². The SMILES string of the molecule is CCCc1ccc(-c2ccc(OCC3CCC4CC(C5CCC(CCC)CC5)CCC4C3)c(F)c2F)c(F)c1F. The number of hydrogen-bond acceptors (Lipinski definition) is 1. The van der Waals surface area contributed by atoms with E-state index < -0.39 is 23.3 Å². The first kappa shape index (κ1) is 29.5. The molecule has 4 atom stereocenters. The minimum atomic E-state index is -1.20. The van der Waals surface area contributed by atoms with Crippen LogP contribution in [0.3, 0.4) is 0 Å². The number of halogens is 4. The Kier molecular flexibility index (Phi) is 9.79. The van der Waals surface area contributed by atoms with Crippen LogP contribution in [-0.4, -0.2) is 6.61 Å². The van der Waals surface area contributed by atoms with Crippen LogP contribution in [-0.2, 0) is 6.42 Å². The van der Waals surface area contributed by atoms with Crippen molar-refractivity contribution in [1.82, 2.24) is 0 Å². The molecular formula is C35H46F4O. The third-order valence-corrected chi connectivity index (χ3v) is 10.5. The smallest absolute Gasteiger partial charge is 0.201 e. The van der Waals surface area contributed by atoms with Crippen LogP contribution < -0.4 is 4.74 Å². The van der Waals surface area contributed by atoms with Gasteiger partial charge >= 0.3 is 0 Å². The maximum Gasteiger partial charge on any atom is 0.201 e. The second-order valence-electron chi connectivity index (χ2n) is 13.0. The van der Waals surface area contributed by atoms with Crippen molar-refractivity contribution in [2.75, 3.05) is 6.61 Å². The molecule has 5 heteroatoms. The van der Waals surface area contributed by atoms with Crippen LogP contribution in [0.4, 0.5) is 17.6 Å². The first-order valence-electron chi connectivity index (χ1n) is 16.0. The van der Waals surface area contributed by atoms with Crippen LogP contribution in [0.5, 0.6) is 5.75 Å².